The molecule has 0 unspecified atom stereocenters. The lowest BCUT2D eigenvalue weighted by molar-refractivity contribution is 1.68. The monoisotopic (exact) mass is 119 g/mol. The van der Waals surface area contributed by atoms with E-state index in [1.807, 2.05) is 30.3 Å². The first-order valence-electron chi connectivity index (χ1n) is 2.45. The molecule has 2 heteroatoms. The summed E-state index contributed by atoms with van der Waals surface area (Å²) in [4.78, 5) is 0. The summed E-state index contributed by atoms with van der Waals surface area (Å²) in [6.45, 7) is 0. The Morgan fingerprint density at radius 3 is 2.12 bits per heavy atom. The molecule has 0 amide bonds. The fourth-order valence-corrected chi connectivity index (χ4v) is 0.727. The molecule has 0 bridgehead atoms. The number of hydrogen-bond acceptors (Lipinski definition) is 1. The largest absolute Gasteiger partial charge is 0.491 e. The summed E-state index contributed by atoms with van der Waals surface area (Å²) in [6, 6.07) is 9.99. The zero-order valence-electron chi connectivity index (χ0n) is 4.46. The van der Waals surface area contributed by atoms with Gasteiger partial charge in [-0.05, 0) is 12.1 Å². The molecule has 1 N–H and O–H groups in total. The molecule has 0 aliphatic carbocycles. The van der Waals surface area contributed by atoms with E-state index in [9.17, 15) is 0 Å². The highest BCUT2D eigenvalue weighted by molar-refractivity contribution is 6.15. The molecule has 0 aromatic heterocycles. The molecule has 0 aliphatic rings. The minimum atomic E-state index is 1.12. The van der Waals surface area contributed by atoms with E-state index >= 15 is 0 Å². The highest BCUT2D eigenvalue weighted by Crippen LogP contribution is 2.01. The molecule has 2 radical (unpaired) electrons. The van der Waals surface area contributed by atoms with E-state index in [-0.39, 0.29) is 0 Å². The predicted molar refractivity (Wildman–Crippen MR) is 35.8 cm³/mol. The fourth-order valence-electron chi connectivity index (χ4n) is 0.534. The SMILES string of the molecule is [Al][NH]c1ccccc1. The van der Waals surface area contributed by atoms with Crippen LogP contribution in [0.15, 0.2) is 30.3 Å². The summed E-state index contributed by atoms with van der Waals surface area (Å²) < 4.78 is 2.94. The van der Waals surface area contributed by atoms with Crippen molar-refractivity contribution in [1.29, 1.82) is 0 Å². The molecule has 8 heavy (non-hydrogen) atoms. The molecule has 0 spiro atoms. The van der Waals surface area contributed by atoms with Gasteiger partial charge in [0.25, 0.3) is 0 Å². The van der Waals surface area contributed by atoms with Gasteiger partial charge >= 0.3 is 16.5 Å². The molecule has 1 nitrogen and oxygen atoms in total. The Bertz CT molecular complexity index is 150. The average molecular weight is 119 g/mol. The molecule has 0 fully saturated rings. The third kappa shape index (κ3) is 1.26. The molecular weight excluding hydrogens is 113 g/mol. The average Bonchev–Trinajstić information content (AvgIpc) is 1.90. The maximum atomic E-state index is 2.94. The normalized spacial score (nSPS) is 8.50. The Balaban J connectivity index is 2.83. The molecule has 1 aromatic carbocycles. The minimum absolute atomic E-state index is 1.12. The van der Waals surface area contributed by atoms with Crippen molar-refractivity contribution < 1.29 is 0 Å². The van der Waals surface area contributed by atoms with Crippen LogP contribution in [-0.4, -0.2) is 16.5 Å². The van der Waals surface area contributed by atoms with Gasteiger partial charge in [-0.1, -0.05) is 18.2 Å². The summed E-state index contributed by atoms with van der Waals surface area (Å²) in [5.41, 5.74) is 1.12. The van der Waals surface area contributed by atoms with Crippen LogP contribution >= 0.6 is 0 Å². The van der Waals surface area contributed by atoms with Crippen LogP contribution in [0.2, 0.25) is 0 Å². The van der Waals surface area contributed by atoms with Gasteiger partial charge in [-0.25, -0.2) is 0 Å². The summed E-state index contributed by atoms with van der Waals surface area (Å²) in [7, 11) is 0. The van der Waals surface area contributed by atoms with Crippen molar-refractivity contribution in [3.63, 3.8) is 0 Å². The quantitative estimate of drug-likeness (QED) is 0.547. The molecule has 0 saturated heterocycles. The molecule has 0 heterocycles. The van der Waals surface area contributed by atoms with E-state index in [0.717, 1.165) is 5.69 Å². The lowest BCUT2D eigenvalue weighted by Crippen LogP contribution is -1.87. The highest BCUT2D eigenvalue weighted by Gasteiger charge is 1.77. The first-order chi connectivity index (χ1) is 3.93. The van der Waals surface area contributed by atoms with Crippen molar-refractivity contribution in [2.45, 2.75) is 0 Å². The van der Waals surface area contributed by atoms with E-state index in [4.69, 9.17) is 0 Å². The van der Waals surface area contributed by atoms with Gasteiger partial charge in [-0.3, -0.25) is 0 Å². The molecular formula is C6H6AlN. The van der Waals surface area contributed by atoms with E-state index in [0.29, 0.717) is 0 Å². The van der Waals surface area contributed by atoms with E-state index in [2.05, 4.69) is 20.8 Å². The Labute approximate surface area is 57.4 Å². The van der Waals surface area contributed by atoms with Crippen molar-refractivity contribution in [3.8, 4) is 0 Å². The van der Waals surface area contributed by atoms with Gasteiger partial charge in [0, 0.05) is 5.69 Å². The van der Waals surface area contributed by atoms with Gasteiger partial charge in [-0.15, -0.1) is 0 Å². The Kier molecular flexibility index (Phi) is 1.96. The topological polar surface area (TPSA) is 12.0 Å². The summed E-state index contributed by atoms with van der Waals surface area (Å²) in [6.07, 6.45) is 0. The second-order valence-electron chi connectivity index (χ2n) is 1.51. The molecule has 1 rings (SSSR count). The minimum Gasteiger partial charge on any atom is -0.491 e. The standard InChI is InChI=1S/C6H6N.Al/c7-6-4-2-1-3-5-6;/h1-5,7H;/q-1;+1. The molecule has 1 aromatic rings. The van der Waals surface area contributed by atoms with Crippen molar-refractivity contribution in [1.82, 2.24) is 0 Å². The third-order valence-corrected chi connectivity index (χ3v) is 1.27. The van der Waals surface area contributed by atoms with Crippen molar-refractivity contribution in [2.75, 3.05) is 4.30 Å². The Morgan fingerprint density at radius 1 is 1.12 bits per heavy atom. The lowest BCUT2D eigenvalue weighted by Gasteiger charge is -1.95. The van der Waals surface area contributed by atoms with Crippen molar-refractivity contribution in [2.24, 2.45) is 0 Å². The summed E-state index contributed by atoms with van der Waals surface area (Å²) in [5, 5.41) is 0. The summed E-state index contributed by atoms with van der Waals surface area (Å²) in [5.74, 6) is 0. The number of para-hydroxylation sites is 1. The number of hydrogen-bond donors (Lipinski definition) is 1. The van der Waals surface area contributed by atoms with Gasteiger partial charge in [0.15, 0.2) is 0 Å². The van der Waals surface area contributed by atoms with Crippen molar-refractivity contribution in [3.05, 3.63) is 30.3 Å². The molecule has 38 valence electrons. The maximum Gasteiger partial charge on any atom is 0.305 e. The fraction of sp³-hybridized carbons (Fsp3) is 0. The maximum absolute atomic E-state index is 2.94. The number of benzene rings is 1. The van der Waals surface area contributed by atoms with Gasteiger partial charge in [0.2, 0.25) is 0 Å². The van der Waals surface area contributed by atoms with Crippen LogP contribution < -0.4 is 4.30 Å². The van der Waals surface area contributed by atoms with Gasteiger partial charge < -0.3 is 4.30 Å². The number of rotatable bonds is 1. The van der Waals surface area contributed by atoms with E-state index in [1.54, 1.807) is 0 Å². The van der Waals surface area contributed by atoms with Gasteiger partial charge in [-0.2, -0.15) is 0 Å². The van der Waals surface area contributed by atoms with Gasteiger partial charge in [0.05, 0.1) is 0 Å². The number of anilines is 1. The van der Waals surface area contributed by atoms with Crippen LogP contribution in [0.4, 0.5) is 5.69 Å². The van der Waals surface area contributed by atoms with Crippen LogP contribution in [0.3, 0.4) is 0 Å². The van der Waals surface area contributed by atoms with E-state index in [1.165, 1.54) is 0 Å². The zero-order chi connectivity index (χ0) is 5.82. The first-order valence-corrected chi connectivity index (χ1v) is 3.03. The zero-order valence-corrected chi connectivity index (χ0v) is 5.62. The molecule has 0 atom stereocenters. The second kappa shape index (κ2) is 2.76. The third-order valence-electron chi connectivity index (χ3n) is 0.940. The summed E-state index contributed by atoms with van der Waals surface area (Å²) >= 11 is 2.44. The molecule has 0 aliphatic heterocycles. The van der Waals surface area contributed by atoms with Crippen molar-refractivity contribution >= 4 is 22.2 Å². The van der Waals surface area contributed by atoms with Crippen LogP contribution in [0.1, 0.15) is 0 Å². The smallest absolute Gasteiger partial charge is 0.305 e. The van der Waals surface area contributed by atoms with E-state index < -0.39 is 0 Å². The first kappa shape index (κ1) is 5.68. The number of nitrogens with one attached hydrogen (secondary N) is 1. The van der Waals surface area contributed by atoms with Crippen LogP contribution in [-0.2, 0) is 0 Å². The second-order valence-corrected chi connectivity index (χ2v) is 1.80. The van der Waals surface area contributed by atoms with Crippen LogP contribution in [0, 0.1) is 0 Å². The van der Waals surface area contributed by atoms with Crippen LogP contribution in [0.25, 0.3) is 0 Å². The molecule has 0 saturated carbocycles. The Hall–Kier alpha value is -0.448. The van der Waals surface area contributed by atoms with Gasteiger partial charge in [0.1, 0.15) is 0 Å². The Morgan fingerprint density at radius 2 is 1.75 bits per heavy atom. The highest BCUT2D eigenvalue weighted by atomic mass is 27.1. The van der Waals surface area contributed by atoms with Crippen LogP contribution in [0.5, 0.6) is 0 Å². The predicted octanol–water partition coefficient (Wildman–Crippen LogP) is 1.18. The lowest BCUT2D eigenvalue weighted by atomic mass is 10.3.